The number of aromatic nitrogens is 2. The van der Waals surface area contributed by atoms with Crippen molar-refractivity contribution >= 4 is 34.7 Å². The van der Waals surface area contributed by atoms with Gasteiger partial charge in [-0.3, -0.25) is 14.9 Å². The lowest BCUT2D eigenvalue weighted by molar-refractivity contribution is -0.385. The van der Waals surface area contributed by atoms with Crippen molar-refractivity contribution in [2.45, 2.75) is 11.0 Å². The molecule has 0 saturated heterocycles. The predicted octanol–water partition coefficient (Wildman–Crippen LogP) is 3.10. The Labute approximate surface area is 143 Å². The van der Waals surface area contributed by atoms with E-state index in [1.807, 2.05) is 17.5 Å². The second-order valence-corrected chi connectivity index (χ2v) is 6.48. The highest BCUT2D eigenvalue weighted by atomic mass is 32.2. The van der Waals surface area contributed by atoms with Gasteiger partial charge in [0.2, 0.25) is 5.91 Å². The minimum Gasteiger partial charge on any atom is -0.410 e. The zero-order chi connectivity index (χ0) is 17.1. The molecule has 122 valence electrons. The van der Waals surface area contributed by atoms with E-state index in [2.05, 4.69) is 10.2 Å². The first-order valence-corrected chi connectivity index (χ1v) is 8.48. The Balaban J connectivity index is 1.77. The number of nitro groups is 1. The van der Waals surface area contributed by atoms with Crippen LogP contribution in [0, 0.1) is 10.1 Å². The number of nitro benzene ring substituents is 1. The molecule has 0 unspecified atom stereocenters. The molecule has 0 saturated carbocycles. The molecule has 1 aromatic carbocycles. The van der Waals surface area contributed by atoms with Crippen LogP contribution >= 0.6 is 23.1 Å². The predicted molar refractivity (Wildman–Crippen MR) is 88.8 cm³/mol. The molecule has 0 aliphatic rings. The average molecular weight is 362 g/mol. The van der Waals surface area contributed by atoms with Crippen LogP contribution in [0.5, 0.6) is 0 Å². The maximum Gasteiger partial charge on any atom is 0.277 e. The first kappa shape index (κ1) is 16.1. The molecular formula is C14H10N4O4S2. The fourth-order valence-corrected chi connectivity index (χ4v) is 3.32. The number of amides is 1. The molecule has 0 atom stereocenters. The largest absolute Gasteiger partial charge is 0.410 e. The quantitative estimate of drug-likeness (QED) is 0.405. The fraction of sp³-hybridized carbons (Fsp3) is 0.0714. The molecule has 0 bridgehead atoms. The summed E-state index contributed by atoms with van der Waals surface area (Å²) in [5.41, 5.74) is 5.51. The lowest BCUT2D eigenvalue weighted by atomic mass is 10.1. The monoisotopic (exact) mass is 362 g/mol. The molecule has 2 heterocycles. The van der Waals surface area contributed by atoms with E-state index >= 15 is 0 Å². The van der Waals surface area contributed by atoms with Gasteiger partial charge in [0.25, 0.3) is 16.8 Å². The number of thioether (sulfide) groups is 1. The highest BCUT2D eigenvalue weighted by Gasteiger charge is 2.18. The Morgan fingerprint density at radius 3 is 2.88 bits per heavy atom. The van der Waals surface area contributed by atoms with Crippen LogP contribution in [0.2, 0.25) is 0 Å². The summed E-state index contributed by atoms with van der Waals surface area (Å²) in [5.74, 6) is -0.0533. The van der Waals surface area contributed by atoms with Crippen LogP contribution < -0.4 is 5.73 Å². The number of hydrogen-bond acceptors (Lipinski definition) is 8. The number of primary amides is 1. The summed E-state index contributed by atoms with van der Waals surface area (Å²) in [5, 5.41) is 21.2. The highest BCUT2D eigenvalue weighted by molar-refractivity contribution is 7.98. The van der Waals surface area contributed by atoms with Crippen molar-refractivity contribution in [1.29, 1.82) is 0 Å². The van der Waals surface area contributed by atoms with Gasteiger partial charge in [-0.25, -0.2) is 0 Å². The normalized spacial score (nSPS) is 10.7. The molecule has 0 fully saturated rings. The maximum absolute atomic E-state index is 11.2. The molecule has 10 heteroatoms. The molecule has 0 spiro atoms. The molecule has 24 heavy (non-hydrogen) atoms. The molecule has 3 rings (SSSR count). The van der Waals surface area contributed by atoms with E-state index in [0.29, 0.717) is 16.7 Å². The topological polar surface area (TPSA) is 125 Å². The Morgan fingerprint density at radius 1 is 1.38 bits per heavy atom. The molecular weight excluding hydrogens is 352 g/mol. The SMILES string of the molecule is NC(=O)c1ccc(CSc2nnc(-c3cccs3)o2)c([N+](=O)[O-])c1. The van der Waals surface area contributed by atoms with Gasteiger partial charge in [-0.2, -0.15) is 0 Å². The Kier molecular flexibility index (Phi) is 4.58. The average Bonchev–Trinajstić information content (AvgIpc) is 3.23. The second kappa shape index (κ2) is 6.81. The number of thiophene rings is 1. The minimum atomic E-state index is -0.713. The number of carbonyl (C=O) groups is 1. The summed E-state index contributed by atoms with van der Waals surface area (Å²) in [7, 11) is 0. The summed E-state index contributed by atoms with van der Waals surface area (Å²) in [6, 6.07) is 7.86. The standard InChI is InChI=1S/C14H10N4O4S2/c15-12(19)8-3-4-9(10(6-8)18(20)21)7-24-14-17-16-13(22-14)11-2-1-5-23-11/h1-6H,7H2,(H2,15,19). The third-order valence-electron chi connectivity index (χ3n) is 3.06. The summed E-state index contributed by atoms with van der Waals surface area (Å²) in [6.45, 7) is 0. The van der Waals surface area contributed by atoms with Crippen LogP contribution in [-0.2, 0) is 5.75 Å². The van der Waals surface area contributed by atoms with Gasteiger partial charge in [0, 0.05) is 22.9 Å². The first-order chi connectivity index (χ1) is 11.5. The summed E-state index contributed by atoms with van der Waals surface area (Å²) >= 11 is 2.66. The van der Waals surface area contributed by atoms with E-state index in [-0.39, 0.29) is 17.0 Å². The Morgan fingerprint density at radius 2 is 2.21 bits per heavy atom. The fourth-order valence-electron chi connectivity index (χ4n) is 1.92. The van der Waals surface area contributed by atoms with Crippen molar-refractivity contribution in [3.05, 3.63) is 57.0 Å². The molecule has 0 aliphatic carbocycles. The van der Waals surface area contributed by atoms with E-state index in [9.17, 15) is 14.9 Å². The molecule has 0 radical (unpaired) electrons. The Bertz CT molecular complexity index is 892. The number of benzene rings is 1. The highest BCUT2D eigenvalue weighted by Crippen LogP contribution is 2.30. The molecule has 8 nitrogen and oxygen atoms in total. The zero-order valence-electron chi connectivity index (χ0n) is 12.0. The molecule has 0 aliphatic heterocycles. The van der Waals surface area contributed by atoms with Crippen LogP contribution in [0.25, 0.3) is 10.8 Å². The number of rotatable bonds is 6. The van der Waals surface area contributed by atoms with E-state index in [1.54, 1.807) is 0 Å². The van der Waals surface area contributed by atoms with E-state index in [4.69, 9.17) is 10.2 Å². The van der Waals surface area contributed by atoms with Crippen LogP contribution in [0.4, 0.5) is 5.69 Å². The summed E-state index contributed by atoms with van der Waals surface area (Å²) < 4.78 is 5.52. The van der Waals surface area contributed by atoms with Gasteiger partial charge in [0.05, 0.1) is 9.80 Å². The van der Waals surface area contributed by atoms with Crippen molar-refractivity contribution in [3.63, 3.8) is 0 Å². The number of carbonyl (C=O) groups excluding carboxylic acids is 1. The zero-order valence-corrected chi connectivity index (χ0v) is 13.7. The van der Waals surface area contributed by atoms with Crippen molar-refractivity contribution in [3.8, 4) is 10.8 Å². The van der Waals surface area contributed by atoms with Crippen LogP contribution in [0.1, 0.15) is 15.9 Å². The lowest BCUT2D eigenvalue weighted by Gasteiger charge is -2.02. The number of nitrogens with zero attached hydrogens (tertiary/aromatic N) is 3. The lowest BCUT2D eigenvalue weighted by Crippen LogP contribution is -2.11. The van der Waals surface area contributed by atoms with Crippen molar-refractivity contribution < 1.29 is 14.1 Å². The van der Waals surface area contributed by atoms with Gasteiger partial charge in [0.1, 0.15) is 0 Å². The van der Waals surface area contributed by atoms with Crippen LogP contribution in [0.3, 0.4) is 0 Å². The van der Waals surface area contributed by atoms with Gasteiger partial charge in [-0.15, -0.1) is 21.5 Å². The second-order valence-electron chi connectivity index (χ2n) is 4.60. The van der Waals surface area contributed by atoms with Crippen LogP contribution in [-0.4, -0.2) is 21.0 Å². The number of hydrogen-bond donors (Lipinski definition) is 1. The molecule has 2 aromatic heterocycles. The smallest absolute Gasteiger partial charge is 0.277 e. The van der Waals surface area contributed by atoms with Crippen molar-refractivity contribution in [2.75, 3.05) is 0 Å². The van der Waals surface area contributed by atoms with E-state index in [0.717, 1.165) is 4.88 Å². The van der Waals surface area contributed by atoms with Gasteiger partial charge in [-0.1, -0.05) is 23.9 Å². The maximum atomic E-state index is 11.2. The van der Waals surface area contributed by atoms with E-state index < -0.39 is 10.8 Å². The Hall–Kier alpha value is -2.72. The van der Waals surface area contributed by atoms with Crippen molar-refractivity contribution in [1.82, 2.24) is 10.2 Å². The van der Waals surface area contributed by atoms with Gasteiger partial charge >= 0.3 is 0 Å². The van der Waals surface area contributed by atoms with Gasteiger partial charge in [-0.05, 0) is 17.5 Å². The van der Waals surface area contributed by atoms with Crippen LogP contribution in [0.15, 0.2) is 45.4 Å². The molecule has 2 N–H and O–H groups in total. The number of nitrogens with two attached hydrogens (primary N) is 1. The van der Waals surface area contributed by atoms with Gasteiger partial charge in [0.15, 0.2) is 0 Å². The molecule has 1 amide bonds. The van der Waals surface area contributed by atoms with E-state index in [1.165, 1.54) is 41.3 Å². The summed E-state index contributed by atoms with van der Waals surface area (Å²) in [6.07, 6.45) is 0. The molecule has 3 aromatic rings. The minimum absolute atomic E-state index is 0.0909. The third kappa shape index (κ3) is 3.44. The summed E-state index contributed by atoms with van der Waals surface area (Å²) in [4.78, 5) is 22.6. The first-order valence-electron chi connectivity index (χ1n) is 6.62. The van der Waals surface area contributed by atoms with Crippen molar-refractivity contribution in [2.24, 2.45) is 5.73 Å². The van der Waals surface area contributed by atoms with Gasteiger partial charge < -0.3 is 10.2 Å². The third-order valence-corrected chi connectivity index (χ3v) is 4.78.